The minimum Gasteiger partial charge on any atom is -0.382 e. The number of rotatable bonds is 4. The van der Waals surface area contributed by atoms with Crippen LogP contribution in [0.25, 0.3) is 10.9 Å². The molecule has 1 aliphatic carbocycles. The fourth-order valence-electron chi connectivity index (χ4n) is 4.04. The number of para-hydroxylation sites is 1. The molecule has 3 N–H and O–H groups in total. The number of nitrogens with one attached hydrogen (secondary N) is 1. The smallest absolute Gasteiger partial charge is 0.263 e. The lowest BCUT2D eigenvalue weighted by molar-refractivity contribution is -0.119. The summed E-state index contributed by atoms with van der Waals surface area (Å²) in [7, 11) is 0. The van der Waals surface area contributed by atoms with Crippen LogP contribution in [0.5, 0.6) is 0 Å². The molecule has 154 valence electrons. The zero-order valence-corrected chi connectivity index (χ0v) is 16.5. The number of carbonyl (C=O) groups excluding carboxylic acids is 2. The molecule has 1 saturated carbocycles. The second-order valence-corrected chi connectivity index (χ2v) is 7.78. The molecule has 2 fully saturated rings. The average molecular weight is 405 g/mol. The Morgan fingerprint density at radius 1 is 1.03 bits per heavy atom. The van der Waals surface area contributed by atoms with Crippen LogP contribution < -0.4 is 16.0 Å². The highest BCUT2D eigenvalue weighted by atomic mass is 16.5. The van der Waals surface area contributed by atoms with Gasteiger partial charge in [-0.2, -0.15) is 4.68 Å². The highest BCUT2D eigenvalue weighted by molar-refractivity contribution is 6.16. The molecule has 0 spiro atoms. The molecule has 1 saturated heterocycles. The molecule has 2 heterocycles. The molecule has 0 bridgehead atoms. The molecule has 0 atom stereocenters. The number of ether oxygens (including phenoxy) is 1. The molecule has 1 aromatic heterocycles. The number of nitrogens with zero attached hydrogens (tertiary/aromatic N) is 3. The molecule has 5 rings (SSSR count). The number of morpholine rings is 1. The molecule has 2 aromatic carbocycles. The zero-order valence-electron chi connectivity index (χ0n) is 16.5. The highest BCUT2D eigenvalue weighted by Crippen LogP contribution is 2.48. The van der Waals surface area contributed by atoms with Gasteiger partial charge in [-0.15, -0.1) is 5.10 Å². The second-order valence-electron chi connectivity index (χ2n) is 7.78. The fraction of sp³-hybridized carbons (Fsp3) is 0.318. The molecule has 0 radical (unpaired) electrons. The molecule has 1 aliphatic heterocycles. The third-order valence-corrected chi connectivity index (χ3v) is 5.88. The van der Waals surface area contributed by atoms with Crippen molar-refractivity contribution in [3.05, 3.63) is 48.5 Å². The van der Waals surface area contributed by atoms with Crippen molar-refractivity contribution in [3.63, 3.8) is 0 Å². The average Bonchev–Trinajstić information content (AvgIpc) is 3.53. The second kappa shape index (κ2) is 7.14. The van der Waals surface area contributed by atoms with Gasteiger partial charge in [0.15, 0.2) is 5.82 Å². The number of nitrogen functional groups attached to an aromatic ring is 1. The predicted molar refractivity (Wildman–Crippen MR) is 115 cm³/mol. The van der Waals surface area contributed by atoms with E-state index in [-0.39, 0.29) is 11.8 Å². The topological polar surface area (TPSA) is 102 Å². The van der Waals surface area contributed by atoms with Gasteiger partial charge in [-0.25, -0.2) is 0 Å². The Bertz CT molecular complexity index is 1110. The maximum absolute atomic E-state index is 13.4. The van der Waals surface area contributed by atoms with Gasteiger partial charge in [-0.3, -0.25) is 9.59 Å². The monoisotopic (exact) mass is 405 g/mol. The van der Waals surface area contributed by atoms with Crippen molar-refractivity contribution >= 4 is 39.9 Å². The predicted octanol–water partition coefficient (Wildman–Crippen LogP) is 2.51. The number of benzene rings is 2. The first kappa shape index (κ1) is 18.6. The van der Waals surface area contributed by atoms with E-state index in [1.165, 1.54) is 4.68 Å². The summed E-state index contributed by atoms with van der Waals surface area (Å²) >= 11 is 0. The molecular weight excluding hydrogens is 382 g/mol. The van der Waals surface area contributed by atoms with E-state index in [4.69, 9.17) is 10.5 Å². The Balaban J connectivity index is 1.49. The van der Waals surface area contributed by atoms with Crippen molar-refractivity contribution in [2.24, 2.45) is 5.41 Å². The van der Waals surface area contributed by atoms with Gasteiger partial charge in [0.2, 0.25) is 5.91 Å². The van der Waals surface area contributed by atoms with Crippen LogP contribution in [-0.4, -0.2) is 47.9 Å². The lowest BCUT2D eigenvalue weighted by Crippen LogP contribution is -2.36. The van der Waals surface area contributed by atoms with Crippen LogP contribution in [0.1, 0.15) is 17.6 Å². The summed E-state index contributed by atoms with van der Waals surface area (Å²) in [5.74, 6) is -0.346. The number of anilines is 3. The largest absolute Gasteiger partial charge is 0.382 e. The first-order valence-corrected chi connectivity index (χ1v) is 10.1. The maximum atomic E-state index is 13.4. The van der Waals surface area contributed by atoms with Crippen molar-refractivity contribution in [1.82, 2.24) is 9.78 Å². The van der Waals surface area contributed by atoms with E-state index in [1.807, 2.05) is 36.4 Å². The lowest BCUT2D eigenvalue weighted by Gasteiger charge is -2.29. The summed E-state index contributed by atoms with van der Waals surface area (Å²) < 4.78 is 6.75. The maximum Gasteiger partial charge on any atom is 0.263 e. The Morgan fingerprint density at radius 3 is 2.47 bits per heavy atom. The Kier molecular flexibility index (Phi) is 4.43. The van der Waals surface area contributed by atoms with E-state index in [2.05, 4.69) is 15.3 Å². The molecule has 2 aliphatic rings. The van der Waals surface area contributed by atoms with Crippen molar-refractivity contribution in [3.8, 4) is 0 Å². The van der Waals surface area contributed by atoms with Crippen LogP contribution in [0.4, 0.5) is 17.2 Å². The van der Waals surface area contributed by atoms with Gasteiger partial charge in [0.25, 0.3) is 5.91 Å². The molecule has 30 heavy (non-hydrogen) atoms. The standard InChI is InChI=1S/C22H23N5O3/c23-19-18-16(26-11-13-30-14-12-26)7-4-8-17(18)27(25-19)21(29)22(9-10-22)20(28)24-15-5-2-1-3-6-15/h1-8H,9-14H2,(H2,23,25)(H,24,28). The summed E-state index contributed by atoms with van der Waals surface area (Å²) in [5.41, 5.74) is 7.37. The number of carbonyl (C=O) groups is 2. The zero-order chi connectivity index (χ0) is 20.7. The van der Waals surface area contributed by atoms with Crippen molar-refractivity contribution < 1.29 is 14.3 Å². The van der Waals surface area contributed by atoms with Crippen LogP contribution in [0.2, 0.25) is 0 Å². The quantitative estimate of drug-likeness (QED) is 0.647. The molecule has 1 amide bonds. The van der Waals surface area contributed by atoms with Gasteiger partial charge in [0, 0.05) is 18.8 Å². The number of hydrogen-bond acceptors (Lipinski definition) is 6. The first-order chi connectivity index (χ1) is 14.6. The third-order valence-electron chi connectivity index (χ3n) is 5.88. The summed E-state index contributed by atoms with van der Waals surface area (Å²) in [6.45, 7) is 2.79. The van der Waals surface area contributed by atoms with Crippen molar-refractivity contribution in [2.45, 2.75) is 12.8 Å². The minimum absolute atomic E-state index is 0.291. The van der Waals surface area contributed by atoms with Crippen LogP contribution in [0.3, 0.4) is 0 Å². The normalized spacial score (nSPS) is 17.7. The number of nitrogens with two attached hydrogens (primary N) is 1. The van der Waals surface area contributed by atoms with Crippen molar-refractivity contribution in [2.75, 3.05) is 42.3 Å². The summed E-state index contributed by atoms with van der Waals surface area (Å²) in [4.78, 5) is 28.6. The van der Waals surface area contributed by atoms with E-state index in [0.717, 1.165) is 24.2 Å². The van der Waals surface area contributed by atoms with E-state index >= 15 is 0 Å². The van der Waals surface area contributed by atoms with Gasteiger partial charge in [-0.1, -0.05) is 24.3 Å². The lowest BCUT2D eigenvalue weighted by atomic mass is 10.0. The van der Waals surface area contributed by atoms with E-state index in [9.17, 15) is 9.59 Å². The summed E-state index contributed by atoms with van der Waals surface area (Å²) in [6.07, 6.45) is 0.990. The summed E-state index contributed by atoms with van der Waals surface area (Å²) in [5, 5.41) is 7.95. The summed E-state index contributed by atoms with van der Waals surface area (Å²) in [6, 6.07) is 14.8. The Labute approximate surface area is 173 Å². The first-order valence-electron chi connectivity index (χ1n) is 10.1. The minimum atomic E-state index is -1.10. The van der Waals surface area contributed by atoms with Gasteiger partial charge >= 0.3 is 0 Å². The molecule has 0 unspecified atom stereocenters. The third kappa shape index (κ3) is 3.00. The molecular formula is C22H23N5O3. The Morgan fingerprint density at radius 2 is 1.77 bits per heavy atom. The number of aromatic nitrogens is 2. The number of amides is 1. The van der Waals surface area contributed by atoms with Crippen LogP contribution in [-0.2, 0) is 9.53 Å². The van der Waals surface area contributed by atoms with E-state index < -0.39 is 5.41 Å². The van der Waals surface area contributed by atoms with Gasteiger partial charge < -0.3 is 20.7 Å². The van der Waals surface area contributed by atoms with Gasteiger partial charge in [-0.05, 0) is 37.1 Å². The van der Waals surface area contributed by atoms with E-state index in [1.54, 1.807) is 12.1 Å². The molecule has 8 nitrogen and oxygen atoms in total. The van der Waals surface area contributed by atoms with Crippen LogP contribution in [0.15, 0.2) is 48.5 Å². The Hall–Kier alpha value is -3.39. The van der Waals surface area contributed by atoms with Gasteiger partial charge in [0.1, 0.15) is 5.41 Å². The van der Waals surface area contributed by atoms with E-state index in [0.29, 0.717) is 43.1 Å². The number of fused-ring (bicyclic) bond motifs is 1. The SMILES string of the molecule is Nc1nn(C(=O)C2(C(=O)Nc3ccccc3)CC2)c2cccc(N3CCOCC3)c12. The number of hydrogen-bond donors (Lipinski definition) is 2. The van der Waals surface area contributed by atoms with Gasteiger partial charge in [0.05, 0.1) is 29.8 Å². The fourth-order valence-corrected chi connectivity index (χ4v) is 4.04. The molecule has 8 heteroatoms. The van der Waals surface area contributed by atoms with Crippen LogP contribution in [0, 0.1) is 5.41 Å². The van der Waals surface area contributed by atoms with Crippen LogP contribution >= 0.6 is 0 Å². The van der Waals surface area contributed by atoms with Crippen molar-refractivity contribution in [1.29, 1.82) is 0 Å². The highest BCUT2D eigenvalue weighted by Gasteiger charge is 2.57. The molecule has 3 aromatic rings.